The van der Waals surface area contributed by atoms with E-state index >= 15 is 0 Å². The van der Waals surface area contributed by atoms with Crippen LogP contribution in [0.2, 0.25) is 0 Å². The highest BCUT2D eigenvalue weighted by Gasteiger charge is 2.29. The van der Waals surface area contributed by atoms with Crippen molar-refractivity contribution in [3.63, 3.8) is 0 Å². The summed E-state index contributed by atoms with van der Waals surface area (Å²) in [6.45, 7) is 2.90. The quantitative estimate of drug-likeness (QED) is 0.622. The topological polar surface area (TPSA) is 75.7 Å². The molecule has 164 valence electrons. The van der Waals surface area contributed by atoms with Gasteiger partial charge in [0.05, 0.1) is 18.4 Å². The Kier molecular flexibility index (Phi) is 6.21. The summed E-state index contributed by atoms with van der Waals surface area (Å²) >= 11 is 0. The van der Waals surface area contributed by atoms with E-state index in [1.165, 1.54) is 7.11 Å². The van der Waals surface area contributed by atoms with Crippen molar-refractivity contribution in [1.29, 1.82) is 0 Å². The molecule has 1 heterocycles. The number of methoxy groups -OCH3 is 1. The Morgan fingerprint density at radius 1 is 0.938 bits per heavy atom. The number of aryl methyl sites for hydroxylation is 1. The van der Waals surface area contributed by atoms with Gasteiger partial charge < -0.3 is 15.0 Å². The Morgan fingerprint density at radius 3 is 2.41 bits per heavy atom. The van der Waals surface area contributed by atoms with Crippen LogP contribution in [-0.2, 0) is 9.53 Å². The van der Waals surface area contributed by atoms with Gasteiger partial charge in [-0.05, 0) is 48.7 Å². The second kappa shape index (κ2) is 9.22. The number of rotatable bonds is 4. The number of nitrogens with one attached hydrogen (secondary N) is 1. The maximum Gasteiger partial charge on any atom is 0.339 e. The van der Waals surface area contributed by atoms with Gasteiger partial charge in [0.2, 0.25) is 5.91 Å². The number of benzene rings is 3. The monoisotopic (exact) mass is 430 g/mol. The van der Waals surface area contributed by atoms with Crippen molar-refractivity contribution in [3.05, 3.63) is 77.4 Å². The summed E-state index contributed by atoms with van der Waals surface area (Å²) in [5, 5.41) is 4.85. The molecule has 1 fully saturated rings. The average Bonchev–Trinajstić information content (AvgIpc) is 2.83. The van der Waals surface area contributed by atoms with Gasteiger partial charge in [-0.1, -0.05) is 48.0 Å². The van der Waals surface area contributed by atoms with E-state index in [9.17, 15) is 14.4 Å². The first-order valence-electron chi connectivity index (χ1n) is 10.7. The highest BCUT2D eigenvalue weighted by atomic mass is 16.5. The number of hydrogen-bond donors (Lipinski definition) is 1. The van der Waals surface area contributed by atoms with E-state index in [1.807, 2.05) is 60.4 Å². The maximum atomic E-state index is 13.1. The lowest BCUT2D eigenvalue weighted by Gasteiger charge is -2.31. The van der Waals surface area contributed by atoms with Gasteiger partial charge in [0.25, 0.3) is 5.91 Å². The second-order valence-corrected chi connectivity index (χ2v) is 8.12. The molecule has 0 bridgehead atoms. The molecule has 0 aromatic heterocycles. The zero-order valence-corrected chi connectivity index (χ0v) is 18.3. The summed E-state index contributed by atoms with van der Waals surface area (Å²) in [5.41, 5.74) is 2.38. The Balaban J connectivity index is 1.42. The molecule has 3 aromatic rings. The van der Waals surface area contributed by atoms with Gasteiger partial charge in [-0.25, -0.2) is 4.79 Å². The molecule has 32 heavy (non-hydrogen) atoms. The summed E-state index contributed by atoms with van der Waals surface area (Å²) in [6, 6.07) is 18.9. The van der Waals surface area contributed by atoms with Crippen LogP contribution in [0.4, 0.5) is 5.69 Å². The molecule has 0 aliphatic carbocycles. The number of anilines is 1. The van der Waals surface area contributed by atoms with Crippen molar-refractivity contribution in [3.8, 4) is 0 Å². The summed E-state index contributed by atoms with van der Waals surface area (Å²) in [5.74, 6) is -0.860. The van der Waals surface area contributed by atoms with E-state index in [-0.39, 0.29) is 17.7 Å². The Bertz CT molecular complexity index is 1170. The fourth-order valence-electron chi connectivity index (χ4n) is 4.21. The fraction of sp³-hybridized carbons (Fsp3) is 0.269. The number of carbonyl (C=O) groups excluding carboxylic acids is 3. The summed E-state index contributed by atoms with van der Waals surface area (Å²) in [7, 11) is 1.32. The third-order valence-electron chi connectivity index (χ3n) is 6.01. The molecular formula is C26H26N2O4. The zero-order chi connectivity index (χ0) is 22.7. The van der Waals surface area contributed by atoms with Gasteiger partial charge in [0, 0.05) is 24.6 Å². The van der Waals surface area contributed by atoms with Crippen molar-refractivity contribution in [2.75, 3.05) is 25.5 Å². The fourth-order valence-corrected chi connectivity index (χ4v) is 4.21. The van der Waals surface area contributed by atoms with Crippen LogP contribution in [0.3, 0.4) is 0 Å². The average molecular weight is 431 g/mol. The number of hydrogen-bond acceptors (Lipinski definition) is 4. The predicted molar refractivity (Wildman–Crippen MR) is 124 cm³/mol. The summed E-state index contributed by atoms with van der Waals surface area (Å²) < 4.78 is 4.84. The highest BCUT2D eigenvalue weighted by Crippen LogP contribution is 2.25. The van der Waals surface area contributed by atoms with E-state index in [2.05, 4.69) is 5.32 Å². The molecule has 1 aliphatic heterocycles. The Morgan fingerprint density at radius 2 is 1.66 bits per heavy atom. The van der Waals surface area contributed by atoms with Crippen molar-refractivity contribution in [2.24, 2.45) is 5.92 Å². The number of carbonyl (C=O) groups is 3. The van der Waals surface area contributed by atoms with E-state index in [1.54, 1.807) is 12.1 Å². The number of amides is 2. The SMILES string of the molecule is COC(=O)c1cc(C)ccc1NC(=O)C1CCN(C(=O)c2cccc3ccccc23)CC1. The standard InChI is InChI=1S/C26H26N2O4/c1-17-10-11-23(22(16-17)26(31)32-2)27-24(29)19-12-14-28(15-13-19)25(30)21-9-5-7-18-6-3-4-8-20(18)21/h3-11,16,19H,12-15H2,1-2H3,(H,27,29). The lowest BCUT2D eigenvalue weighted by atomic mass is 9.94. The van der Waals surface area contributed by atoms with Crippen LogP contribution in [0.1, 0.15) is 39.1 Å². The van der Waals surface area contributed by atoms with Gasteiger partial charge in [0.15, 0.2) is 0 Å². The van der Waals surface area contributed by atoms with Crippen LogP contribution in [0.25, 0.3) is 10.8 Å². The molecule has 1 aliphatic rings. The minimum absolute atomic E-state index is 0.00725. The summed E-state index contributed by atoms with van der Waals surface area (Å²) in [6.07, 6.45) is 1.14. The molecule has 1 saturated heterocycles. The van der Waals surface area contributed by atoms with Crippen molar-refractivity contribution >= 4 is 34.2 Å². The van der Waals surface area contributed by atoms with Crippen LogP contribution in [-0.4, -0.2) is 42.9 Å². The molecule has 2 amide bonds. The number of ether oxygens (including phenoxy) is 1. The third-order valence-corrected chi connectivity index (χ3v) is 6.01. The first-order valence-corrected chi connectivity index (χ1v) is 10.7. The number of nitrogens with zero attached hydrogens (tertiary/aromatic N) is 1. The van der Waals surface area contributed by atoms with Crippen LogP contribution in [0, 0.1) is 12.8 Å². The molecule has 0 radical (unpaired) electrons. The molecule has 0 spiro atoms. The van der Waals surface area contributed by atoms with Crippen LogP contribution in [0.5, 0.6) is 0 Å². The van der Waals surface area contributed by atoms with Crippen LogP contribution < -0.4 is 5.32 Å². The van der Waals surface area contributed by atoms with E-state index in [4.69, 9.17) is 4.74 Å². The molecule has 0 atom stereocenters. The molecular weight excluding hydrogens is 404 g/mol. The predicted octanol–water partition coefficient (Wildman–Crippen LogP) is 4.43. The van der Waals surface area contributed by atoms with Gasteiger partial charge in [-0.15, -0.1) is 0 Å². The van der Waals surface area contributed by atoms with E-state index < -0.39 is 5.97 Å². The van der Waals surface area contributed by atoms with Gasteiger partial charge >= 0.3 is 5.97 Å². The summed E-state index contributed by atoms with van der Waals surface area (Å²) in [4.78, 5) is 39.9. The lowest BCUT2D eigenvalue weighted by molar-refractivity contribution is -0.121. The number of likely N-dealkylation sites (tertiary alicyclic amines) is 1. The Hall–Kier alpha value is -3.67. The van der Waals surface area contributed by atoms with Gasteiger partial charge in [-0.2, -0.15) is 0 Å². The molecule has 6 heteroatoms. The molecule has 4 rings (SSSR count). The zero-order valence-electron chi connectivity index (χ0n) is 18.3. The van der Waals surface area contributed by atoms with Crippen molar-refractivity contribution in [1.82, 2.24) is 4.90 Å². The van der Waals surface area contributed by atoms with Gasteiger partial charge in [-0.3, -0.25) is 9.59 Å². The van der Waals surface area contributed by atoms with Crippen LogP contribution >= 0.6 is 0 Å². The first kappa shape index (κ1) is 21.6. The number of piperidine rings is 1. The Labute approximate surface area is 187 Å². The van der Waals surface area contributed by atoms with Crippen molar-refractivity contribution in [2.45, 2.75) is 19.8 Å². The first-order chi connectivity index (χ1) is 15.5. The minimum Gasteiger partial charge on any atom is -0.465 e. The normalized spacial score (nSPS) is 14.2. The van der Waals surface area contributed by atoms with E-state index in [0.29, 0.717) is 42.7 Å². The minimum atomic E-state index is -0.487. The lowest BCUT2D eigenvalue weighted by Crippen LogP contribution is -2.41. The van der Waals surface area contributed by atoms with Crippen molar-refractivity contribution < 1.29 is 19.1 Å². The smallest absolute Gasteiger partial charge is 0.339 e. The van der Waals surface area contributed by atoms with Crippen LogP contribution in [0.15, 0.2) is 60.7 Å². The third kappa shape index (κ3) is 4.35. The molecule has 0 unspecified atom stereocenters. The molecule has 0 saturated carbocycles. The second-order valence-electron chi connectivity index (χ2n) is 8.12. The number of esters is 1. The maximum absolute atomic E-state index is 13.1. The molecule has 1 N–H and O–H groups in total. The molecule has 6 nitrogen and oxygen atoms in total. The molecule has 3 aromatic carbocycles. The largest absolute Gasteiger partial charge is 0.465 e. The van der Waals surface area contributed by atoms with E-state index in [0.717, 1.165) is 16.3 Å². The highest BCUT2D eigenvalue weighted by molar-refractivity contribution is 6.07. The number of fused-ring (bicyclic) bond motifs is 1. The van der Waals surface area contributed by atoms with Gasteiger partial charge in [0.1, 0.15) is 0 Å².